The highest BCUT2D eigenvalue weighted by atomic mass is 35.5. The Morgan fingerprint density at radius 2 is 1.92 bits per heavy atom. The van der Waals surface area contributed by atoms with E-state index in [9.17, 15) is 9.59 Å². The minimum atomic E-state index is -0.328. The first-order valence-corrected chi connectivity index (χ1v) is 9.72. The average molecular weight is 391 g/mol. The third-order valence-electron chi connectivity index (χ3n) is 4.75. The van der Waals surface area contributed by atoms with Gasteiger partial charge in [-0.15, -0.1) is 11.3 Å². The molecule has 26 heavy (non-hydrogen) atoms. The summed E-state index contributed by atoms with van der Waals surface area (Å²) >= 11 is 7.45. The van der Waals surface area contributed by atoms with Gasteiger partial charge in [-0.25, -0.2) is 9.36 Å². The number of thiophene rings is 1. The molecule has 1 aromatic carbocycles. The minimum absolute atomic E-state index is 0.271. The molecule has 0 bridgehead atoms. The highest BCUT2D eigenvalue weighted by molar-refractivity contribution is 7.18. The fourth-order valence-electron chi connectivity index (χ4n) is 3.45. The monoisotopic (exact) mass is 390 g/mol. The van der Waals surface area contributed by atoms with Crippen LogP contribution >= 0.6 is 22.9 Å². The summed E-state index contributed by atoms with van der Waals surface area (Å²) in [5, 5.41) is 1.20. The van der Waals surface area contributed by atoms with Crippen molar-refractivity contribution in [3.63, 3.8) is 0 Å². The lowest BCUT2D eigenvalue weighted by atomic mass is 9.94. The zero-order valence-corrected chi connectivity index (χ0v) is 16.4. The second-order valence-electron chi connectivity index (χ2n) is 7.05. The van der Waals surface area contributed by atoms with E-state index in [2.05, 4.69) is 0 Å². The van der Waals surface area contributed by atoms with Gasteiger partial charge in [-0.2, -0.15) is 0 Å². The number of ether oxygens (including phenoxy) is 1. The Balaban J connectivity index is 2.10. The lowest BCUT2D eigenvalue weighted by Gasteiger charge is -2.29. The second-order valence-corrected chi connectivity index (χ2v) is 8.57. The highest BCUT2D eigenvalue weighted by Gasteiger charge is 2.31. The summed E-state index contributed by atoms with van der Waals surface area (Å²) in [6.07, 6.45) is 0.653. The third-order valence-corrected chi connectivity index (χ3v) is 6.23. The molecule has 0 saturated carbocycles. The Hall–Kier alpha value is -1.89. The van der Waals surface area contributed by atoms with Crippen LogP contribution in [0.25, 0.3) is 15.9 Å². The first kappa shape index (κ1) is 17.5. The number of rotatable bonds is 2. The Kier molecular flexibility index (Phi) is 4.10. The van der Waals surface area contributed by atoms with Crippen LogP contribution in [0, 0.1) is 0 Å². The summed E-state index contributed by atoms with van der Waals surface area (Å²) in [6.45, 7) is 6.92. The molecule has 3 aromatic rings. The van der Waals surface area contributed by atoms with Crippen molar-refractivity contribution in [2.45, 2.75) is 45.9 Å². The number of aromatic nitrogens is 2. The molecular weight excluding hydrogens is 372 g/mol. The first-order valence-electron chi connectivity index (χ1n) is 8.52. The number of fused-ring (bicyclic) bond motifs is 3. The van der Waals surface area contributed by atoms with E-state index in [-0.39, 0.29) is 16.9 Å². The number of hydrogen-bond donors (Lipinski definition) is 0. The Morgan fingerprint density at radius 1 is 1.23 bits per heavy atom. The molecule has 1 aliphatic heterocycles. The number of nitrogens with zero attached hydrogens (tertiary/aromatic N) is 2. The van der Waals surface area contributed by atoms with Crippen LogP contribution in [0.4, 0.5) is 0 Å². The van der Waals surface area contributed by atoms with Crippen molar-refractivity contribution >= 4 is 33.2 Å². The van der Waals surface area contributed by atoms with Crippen molar-refractivity contribution < 1.29 is 4.74 Å². The quantitative estimate of drug-likeness (QED) is 0.669. The van der Waals surface area contributed by atoms with E-state index < -0.39 is 0 Å². The van der Waals surface area contributed by atoms with Crippen LogP contribution < -0.4 is 11.2 Å². The van der Waals surface area contributed by atoms with E-state index >= 15 is 0 Å². The summed E-state index contributed by atoms with van der Waals surface area (Å²) in [5.74, 6) is 0. The van der Waals surface area contributed by atoms with Crippen LogP contribution in [0.5, 0.6) is 0 Å². The molecule has 0 amide bonds. The van der Waals surface area contributed by atoms with E-state index in [1.54, 1.807) is 28.8 Å². The van der Waals surface area contributed by atoms with E-state index in [0.717, 1.165) is 15.3 Å². The van der Waals surface area contributed by atoms with Gasteiger partial charge in [0.1, 0.15) is 4.83 Å². The molecule has 3 heterocycles. The van der Waals surface area contributed by atoms with Crippen molar-refractivity contribution in [2.75, 3.05) is 0 Å². The van der Waals surface area contributed by atoms with E-state index in [1.165, 1.54) is 15.9 Å². The fraction of sp³-hybridized carbons (Fsp3) is 0.368. The molecule has 0 saturated heterocycles. The SMILES string of the molecule is CCn1c(=O)n(-c2ccc(Cl)cc2)c(=O)c2c3c(sc21)COC(C)(C)C3. The lowest BCUT2D eigenvalue weighted by molar-refractivity contribution is -0.0379. The molecule has 2 aromatic heterocycles. The summed E-state index contributed by atoms with van der Waals surface area (Å²) in [4.78, 5) is 28.1. The number of hydrogen-bond acceptors (Lipinski definition) is 4. The molecular formula is C19H19ClN2O3S. The predicted octanol–water partition coefficient (Wildman–Crippen LogP) is 3.74. The fourth-order valence-corrected chi connectivity index (χ4v) is 4.86. The van der Waals surface area contributed by atoms with E-state index in [1.807, 2.05) is 20.8 Å². The molecule has 0 atom stereocenters. The predicted molar refractivity (Wildman–Crippen MR) is 105 cm³/mol. The molecule has 0 fully saturated rings. The first-order chi connectivity index (χ1) is 12.3. The molecule has 1 aliphatic rings. The maximum atomic E-state index is 13.3. The van der Waals surface area contributed by atoms with Gasteiger partial charge in [0.15, 0.2) is 0 Å². The summed E-state index contributed by atoms with van der Waals surface area (Å²) in [7, 11) is 0. The van der Waals surface area contributed by atoms with Crippen molar-refractivity contribution in [3.05, 3.63) is 60.6 Å². The third kappa shape index (κ3) is 2.64. The normalized spacial score (nSPS) is 16.0. The molecule has 0 radical (unpaired) electrons. The van der Waals surface area contributed by atoms with Crippen molar-refractivity contribution in [1.82, 2.24) is 9.13 Å². The average Bonchev–Trinajstić information content (AvgIpc) is 2.94. The number of benzene rings is 1. The zero-order valence-electron chi connectivity index (χ0n) is 14.8. The zero-order chi connectivity index (χ0) is 18.6. The van der Waals surface area contributed by atoms with E-state index in [0.29, 0.717) is 35.7 Å². The van der Waals surface area contributed by atoms with Crippen LogP contribution in [0.15, 0.2) is 33.9 Å². The van der Waals surface area contributed by atoms with Crippen LogP contribution in [0.2, 0.25) is 5.02 Å². The smallest absolute Gasteiger partial charge is 0.336 e. The van der Waals surface area contributed by atoms with E-state index in [4.69, 9.17) is 16.3 Å². The standard InChI is InChI=1S/C19H19ClN2O3S/c1-4-21-17-15(13-9-19(2,3)25-10-14(13)26-17)16(23)22(18(21)24)12-7-5-11(20)6-8-12/h5-8H,4,9-10H2,1-3H3. The van der Waals surface area contributed by atoms with Crippen molar-refractivity contribution in [3.8, 4) is 5.69 Å². The van der Waals surface area contributed by atoms with Gasteiger partial charge in [-0.3, -0.25) is 9.36 Å². The highest BCUT2D eigenvalue weighted by Crippen LogP contribution is 2.37. The van der Waals surface area contributed by atoms with Gasteiger partial charge in [0.05, 0.1) is 23.3 Å². The number of aryl methyl sites for hydroxylation is 1. The van der Waals surface area contributed by atoms with Gasteiger partial charge in [0, 0.05) is 22.9 Å². The van der Waals surface area contributed by atoms with Crippen molar-refractivity contribution in [2.24, 2.45) is 0 Å². The molecule has 7 heteroatoms. The molecule has 0 aliphatic carbocycles. The summed E-state index contributed by atoms with van der Waals surface area (Å²) < 4.78 is 8.81. The Bertz CT molecular complexity index is 1120. The minimum Gasteiger partial charge on any atom is -0.370 e. The maximum Gasteiger partial charge on any atom is 0.336 e. The van der Waals surface area contributed by atoms with Gasteiger partial charge in [0.2, 0.25) is 0 Å². The van der Waals surface area contributed by atoms with Gasteiger partial charge in [0.25, 0.3) is 5.56 Å². The molecule has 0 spiro atoms. The summed E-state index contributed by atoms with van der Waals surface area (Å²) in [5.41, 5.74) is 0.611. The molecule has 136 valence electrons. The van der Waals surface area contributed by atoms with Gasteiger partial charge in [-0.1, -0.05) is 11.6 Å². The molecule has 4 rings (SSSR count). The van der Waals surface area contributed by atoms with Gasteiger partial charge < -0.3 is 4.74 Å². The Morgan fingerprint density at radius 3 is 2.58 bits per heavy atom. The topological polar surface area (TPSA) is 53.2 Å². The Labute approximate surface area is 159 Å². The van der Waals surface area contributed by atoms with Crippen LogP contribution in [0.1, 0.15) is 31.2 Å². The molecule has 5 nitrogen and oxygen atoms in total. The number of halogens is 1. The van der Waals surface area contributed by atoms with Gasteiger partial charge >= 0.3 is 5.69 Å². The molecule has 0 unspecified atom stereocenters. The van der Waals surface area contributed by atoms with Crippen molar-refractivity contribution in [1.29, 1.82) is 0 Å². The van der Waals surface area contributed by atoms with Gasteiger partial charge in [-0.05, 0) is 50.6 Å². The van der Waals surface area contributed by atoms with Crippen LogP contribution in [0.3, 0.4) is 0 Å². The lowest BCUT2D eigenvalue weighted by Crippen LogP contribution is -2.39. The second kappa shape index (κ2) is 6.08. The van der Waals surface area contributed by atoms with Crippen LogP contribution in [-0.4, -0.2) is 14.7 Å². The summed E-state index contributed by atoms with van der Waals surface area (Å²) in [6, 6.07) is 6.76. The van der Waals surface area contributed by atoms with Crippen LogP contribution in [-0.2, 0) is 24.3 Å². The largest absolute Gasteiger partial charge is 0.370 e. The molecule has 0 N–H and O–H groups in total. The maximum absolute atomic E-state index is 13.3.